The summed E-state index contributed by atoms with van der Waals surface area (Å²) in [5, 5.41) is 104. The monoisotopic (exact) mass is 901 g/mol. The van der Waals surface area contributed by atoms with E-state index < -0.39 is 74.0 Å². The highest BCUT2D eigenvalue weighted by Gasteiger charge is 2.30. The van der Waals surface area contributed by atoms with E-state index in [0.29, 0.717) is 12.8 Å². The smallest absolute Gasteiger partial charge is 0.303 e. The van der Waals surface area contributed by atoms with Crippen molar-refractivity contribution in [2.75, 3.05) is 13.2 Å². The van der Waals surface area contributed by atoms with Crippen LogP contribution in [-0.4, -0.2) is 148 Å². The summed E-state index contributed by atoms with van der Waals surface area (Å²) in [4.78, 5) is 40.4. The molecular formula is C46H92O16. The van der Waals surface area contributed by atoms with Crippen LogP contribution in [0.2, 0.25) is 0 Å². The van der Waals surface area contributed by atoms with E-state index in [4.69, 9.17) is 61.3 Å². The number of aldehydes is 2. The molecule has 0 heterocycles. The normalized spacial score (nSPS) is 14.8. The van der Waals surface area contributed by atoms with Crippen LogP contribution in [0.1, 0.15) is 206 Å². The van der Waals surface area contributed by atoms with Gasteiger partial charge in [-0.15, -0.1) is 0 Å². The number of hydrogen-bond donors (Lipinski definition) is 12. The molecule has 12 N–H and O–H groups in total. The van der Waals surface area contributed by atoms with Gasteiger partial charge in [-0.1, -0.05) is 181 Å². The van der Waals surface area contributed by atoms with Crippen LogP contribution < -0.4 is 0 Å². The molecule has 16 heteroatoms. The van der Waals surface area contributed by atoms with Crippen LogP contribution >= 0.6 is 0 Å². The van der Waals surface area contributed by atoms with E-state index in [1.54, 1.807) is 0 Å². The van der Waals surface area contributed by atoms with Crippen molar-refractivity contribution in [3.8, 4) is 0 Å². The number of hydrogen-bond acceptors (Lipinski definition) is 14. The second-order valence-electron chi connectivity index (χ2n) is 16.2. The Morgan fingerprint density at radius 1 is 0.355 bits per heavy atom. The average Bonchev–Trinajstić information content (AvgIpc) is 3.27. The maximum absolute atomic E-state index is 10.3. The number of aliphatic hydroxyl groups excluding tert-OH is 10. The van der Waals surface area contributed by atoms with E-state index in [2.05, 4.69) is 13.8 Å². The average molecular weight is 901 g/mol. The molecule has 0 aliphatic carbocycles. The van der Waals surface area contributed by atoms with Gasteiger partial charge in [-0.25, -0.2) is 0 Å². The van der Waals surface area contributed by atoms with Crippen molar-refractivity contribution in [2.45, 2.75) is 255 Å². The minimum atomic E-state index is -1.79. The van der Waals surface area contributed by atoms with E-state index in [0.717, 1.165) is 25.7 Å². The zero-order chi connectivity index (χ0) is 47.8. The summed E-state index contributed by atoms with van der Waals surface area (Å²) in [6.45, 7) is 3.01. The van der Waals surface area contributed by atoms with Crippen LogP contribution in [0.4, 0.5) is 0 Å². The predicted molar refractivity (Wildman–Crippen MR) is 239 cm³/mol. The van der Waals surface area contributed by atoms with Crippen molar-refractivity contribution < 1.29 is 80.5 Å². The molecule has 0 spiro atoms. The summed E-state index contributed by atoms with van der Waals surface area (Å²) in [6, 6.07) is 0. The molecule has 0 aromatic rings. The van der Waals surface area contributed by atoms with Crippen molar-refractivity contribution in [2.24, 2.45) is 0 Å². The van der Waals surface area contributed by atoms with E-state index in [1.165, 1.54) is 154 Å². The largest absolute Gasteiger partial charge is 0.481 e. The highest BCUT2D eigenvalue weighted by molar-refractivity contribution is 5.66. The van der Waals surface area contributed by atoms with Gasteiger partial charge in [-0.3, -0.25) is 9.59 Å². The topological polar surface area (TPSA) is 311 Å². The summed E-state index contributed by atoms with van der Waals surface area (Å²) in [6.07, 6.45) is 23.8. The van der Waals surface area contributed by atoms with Crippen LogP contribution in [0.25, 0.3) is 0 Å². The predicted octanol–water partition coefficient (Wildman–Crippen LogP) is 5.13. The van der Waals surface area contributed by atoms with Gasteiger partial charge in [0.2, 0.25) is 0 Å². The van der Waals surface area contributed by atoms with Gasteiger partial charge in [0, 0.05) is 12.8 Å². The highest BCUT2D eigenvalue weighted by atomic mass is 16.4. The minimum Gasteiger partial charge on any atom is -0.481 e. The number of carboxylic acids is 2. The number of carboxylic acid groups (broad SMARTS) is 2. The van der Waals surface area contributed by atoms with Crippen molar-refractivity contribution in [1.82, 2.24) is 0 Å². The van der Waals surface area contributed by atoms with Crippen LogP contribution in [-0.2, 0) is 19.2 Å². The maximum atomic E-state index is 10.3. The van der Waals surface area contributed by atoms with E-state index >= 15 is 0 Å². The van der Waals surface area contributed by atoms with Gasteiger partial charge < -0.3 is 70.9 Å². The molecular weight excluding hydrogens is 808 g/mol. The Morgan fingerprint density at radius 2 is 0.548 bits per heavy atom. The lowest BCUT2D eigenvalue weighted by Gasteiger charge is -2.22. The molecule has 0 rings (SSSR count). The molecule has 0 saturated heterocycles. The molecule has 0 saturated carbocycles. The van der Waals surface area contributed by atoms with Crippen molar-refractivity contribution in [3.63, 3.8) is 0 Å². The minimum absolute atomic E-state index is 0.0258. The zero-order valence-electron chi connectivity index (χ0n) is 38.4. The molecule has 0 bridgehead atoms. The Hall–Kier alpha value is -2.12. The summed E-state index contributed by atoms with van der Waals surface area (Å²) < 4.78 is 0. The summed E-state index contributed by atoms with van der Waals surface area (Å²) in [5.41, 5.74) is 0. The molecule has 62 heavy (non-hydrogen) atoms. The zero-order valence-corrected chi connectivity index (χ0v) is 38.4. The van der Waals surface area contributed by atoms with Gasteiger partial charge in [0.1, 0.15) is 48.8 Å². The molecule has 0 unspecified atom stereocenters. The third kappa shape index (κ3) is 48.9. The van der Waals surface area contributed by atoms with Crippen molar-refractivity contribution in [1.29, 1.82) is 0 Å². The summed E-state index contributed by atoms with van der Waals surface area (Å²) in [7, 11) is 0. The standard InChI is InChI=1S/C18H36O2.C16H32O2.2C6H12O6/c1-2-3-4-5-6-7-8-9-10-11-12-13-14-15-16-17-18(19)20;1-2-3-4-5-6-7-8-9-10-11-12-13-14-15-16(17)18;2*7-1-3(9)5(11)6(12)4(10)2-8/h2-17H2,1H3,(H,19,20);2-15H2,1H3,(H,17,18);2*1,3-6,8-12H,2H2/t;;2*3-,4+,5+,6-/m..00/s1. The second kappa shape index (κ2) is 51.5. The first-order valence-corrected chi connectivity index (χ1v) is 23.6. The first-order chi connectivity index (χ1) is 29.6. The SMILES string of the molecule is CCCCCCCCCCCCCCCC(=O)O.CCCCCCCCCCCCCCCCCC(=O)O.O=C[C@H](O)[C@@H](O)[C@@H](O)[C@H](O)CO.O=C[C@H](O)[C@@H](O)[C@@H](O)[C@H](O)CO. The molecule has 16 nitrogen and oxygen atoms in total. The van der Waals surface area contributed by atoms with Gasteiger partial charge in [-0.2, -0.15) is 0 Å². The summed E-state index contributed by atoms with van der Waals surface area (Å²) in [5.74, 6) is -1.31. The first-order valence-electron chi connectivity index (χ1n) is 23.6. The van der Waals surface area contributed by atoms with Gasteiger partial charge in [0.25, 0.3) is 0 Å². The number of unbranched alkanes of at least 4 members (excludes halogenated alkanes) is 26. The molecule has 0 radical (unpaired) electrons. The Bertz CT molecular complexity index is 926. The van der Waals surface area contributed by atoms with Gasteiger partial charge in [0.15, 0.2) is 12.6 Å². The molecule has 372 valence electrons. The third-order valence-electron chi connectivity index (χ3n) is 10.3. The Kier molecular flexibility index (Phi) is 55.2. The number of rotatable bonds is 40. The van der Waals surface area contributed by atoms with Crippen LogP contribution in [0.3, 0.4) is 0 Å². The lowest BCUT2D eigenvalue weighted by Crippen LogP contribution is -2.46. The molecule has 0 fully saturated rings. The Labute approximate surface area is 372 Å². The van der Waals surface area contributed by atoms with E-state index in [1.807, 2.05) is 0 Å². The number of carbonyl (C=O) groups excluding carboxylic acids is 2. The van der Waals surface area contributed by atoms with Crippen LogP contribution in [0.5, 0.6) is 0 Å². The lowest BCUT2D eigenvalue weighted by atomic mass is 10.0. The molecule has 0 aliphatic heterocycles. The fourth-order valence-electron chi connectivity index (χ4n) is 6.18. The van der Waals surface area contributed by atoms with Crippen molar-refractivity contribution >= 4 is 24.5 Å². The van der Waals surface area contributed by atoms with Crippen LogP contribution in [0, 0.1) is 0 Å². The van der Waals surface area contributed by atoms with Crippen molar-refractivity contribution in [3.05, 3.63) is 0 Å². The first kappa shape index (κ1) is 66.5. The third-order valence-corrected chi connectivity index (χ3v) is 10.3. The molecule has 8 atom stereocenters. The molecule has 0 amide bonds. The molecule has 0 aromatic carbocycles. The highest BCUT2D eigenvalue weighted by Crippen LogP contribution is 2.15. The number of aliphatic hydroxyl groups is 10. The Balaban J connectivity index is -0.000000371. The fraction of sp³-hybridized carbons (Fsp3) is 0.913. The second-order valence-corrected chi connectivity index (χ2v) is 16.2. The summed E-state index contributed by atoms with van der Waals surface area (Å²) >= 11 is 0. The van der Waals surface area contributed by atoms with E-state index in [-0.39, 0.29) is 12.6 Å². The molecule has 0 aliphatic rings. The Morgan fingerprint density at radius 3 is 0.710 bits per heavy atom. The van der Waals surface area contributed by atoms with Gasteiger partial charge >= 0.3 is 11.9 Å². The fourth-order valence-corrected chi connectivity index (χ4v) is 6.18. The van der Waals surface area contributed by atoms with Gasteiger partial charge in [-0.05, 0) is 12.8 Å². The van der Waals surface area contributed by atoms with E-state index in [9.17, 15) is 19.2 Å². The van der Waals surface area contributed by atoms with Gasteiger partial charge in [0.05, 0.1) is 13.2 Å². The maximum Gasteiger partial charge on any atom is 0.303 e. The van der Waals surface area contributed by atoms with Crippen LogP contribution in [0.15, 0.2) is 0 Å². The quantitative estimate of drug-likeness (QED) is 0.0280. The number of aliphatic carboxylic acids is 2. The number of carbonyl (C=O) groups is 4. The lowest BCUT2D eigenvalue weighted by molar-refractivity contribution is -0.138. The molecule has 0 aromatic heterocycles.